The molecule has 0 atom stereocenters. The molecule has 0 saturated carbocycles. The molecule has 12 heavy (non-hydrogen) atoms. The van der Waals surface area contributed by atoms with E-state index in [0.29, 0.717) is 0 Å². The maximum absolute atomic E-state index is 4.16. The van der Waals surface area contributed by atoms with Crippen LogP contribution in [0.5, 0.6) is 0 Å². The summed E-state index contributed by atoms with van der Waals surface area (Å²) in [5, 5.41) is 0. The molecular formula is C9H19N3. The Morgan fingerprint density at radius 1 is 1.42 bits per heavy atom. The van der Waals surface area contributed by atoms with E-state index >= 15 is 0 Å². The van der Waals surface area contributed by atoms with Gasteiger partial charge in [0.1, 0.15) is 0 Å². The van der Waals surface area contributed by atoms with Crippen LogP contribution in [0.25, 0.3) is 0 Å². The van der Waals surface area contributed by atoms with Gasteiger partial charge in [0, 0.05) is 12.2 Å². The van der Waals surface area contributed by atoms with Crippen LogP contribution in [0.2, 0.25) is 0 Å². The molecule has 0 unspecified atom stereocenters. The second kappa shape index (κ2) is 5.77. The first kappa shape index (κ1) is 11.2. The Hall–Kier alpha value is -0.830. The van der Waals surface area contributed by atoms with Crippen LogP contribution < -0.4 is 0 Å². The van der Waals surface area contributed by atoms with Crippen LogP contribution in [-0.2, 0) is 6.54 Å². The lowest BCUT2D eigenvalue weighted by Gasteiger charge is -2.06. The molecule has 0 aliphatic carbocycles. The summed E-state index contributed by atoms with van der Waals surface area (Å²) in [4.78, 5) is 9.30. The third-order valence-corrected chi connectivity index (χ3v) is 1.40. The lowest BCUT2D eigenvalue weighted by atomic mass is 10.3. The van der Waals surface area contributed by atoms with Crippen LogP contribution >= 0.6 is 0 Å². The number of H-pyrrole nitrogens is 1. The molecular weight excluding hydrogens is 150 g/mol. The van der Waals surface area contributed by atoms with Crippen LogP contribution in [0, 0.1) is 6.92 Å². The minimum atomic E-state index is 0.912. The zero-order chi connectivity index (χ0) is 9.56. The minimum Gasteiger partial charge on any atom is -0.348 e. The van der Waals surface area contributed by atoms with E-state index in [2.05, 4.69) is 14.9 Å². The van der Waals surface area contributed by atoms with Gasteiger partial charge in [0.05, 0.1) is 12.0 Å². The molecule has 3 heteroatoms. The Kier molecular flexibility index (Phi) is 5.37. The lowest BCUT2D eigenvalue weighted by Crippen LogP contribution is -2.11. The Labute approximate surface area is 74.8 Å². The molecule has 1 heterocycles. The molecule has 1 rings (SSSR count). The molecule has 0 aliphatic heterocycles. The van der Waals surface area contributed by atoms with Crippen molar-refractivity contribution in [1.82, 2.24) is 14.9 Å². The number of aromatic nitrogens is 2. The van der Waals surface area contributed by atoms with Gasteiger partial charge in [0.2, 0.25) is 0 Å². The molecule has 0 bridgehead atoms. The van der Waals surface area contributed by atoms with E-state index in [-0.39, 0.29) is 0 Å². The van der Waals surface area contributed by atoms with Gasteiger partial charge in [-0.2, -0.15) is 0 Å². The second-order valence-corrected chi connectivity index (χ2v) is 2.71. The third kappa shape index (κ3) is 3.53. The number of hydrogen-bond acceptors (Lipinski definition) is 2. The van der Waals surface area contributed by atoms with Crippen molar-refractivity contribution >= 4 is 0 Å². The predicted molar refractivity (Wildman–Crippen MR) is 52.1 cm³/mol. The average Bonchev–Trinajstić information content (AvgIpc) is 2.40. The number of nitrogens with one attached hydrogen (secondary N) is 1. The SMILES string of the molecule is CC.Cc1[nH]cnc1CN(C)C. The quantitative estimate of drug-likeness (QED) is 0.732. The van der Waals surface area contributed by atoms with Crippen molar-refractivity contribution in [1.29, 1.82) is 0 Å². The number of hydrogen-bond donors (Lipinski definition) is 1. The van der Waals surface area contributed by atoms with Crippen molar-refractivity contribution < 1.29 is 0 Å². The Morgan fingerprint density at radius 2 is 2.00 bits per heavy atom. The average molecular weight is 169 g/mol. The first-order valence-electron chi connectivity index (χ1n) is 4.33. The molecule has 0 fully saturated rings. The number of aromatic amines is 1. The monoisotopic (exact) mass is 169 g/mol. The van der Waals surface area contributed by atoms with Crippen LogP contribution in [-0.4, -0.2) is 29.0 Å². The fourth-order valence-electron chi connectivity index (χ4n) is 0.846. The van der Waals surface area contributed by atoms with Gasteiger partial charge in [0.15, 0.2) is 0 Å². The highest BCUT2D eigenvalue weighted by Gasteiger charge is 2.00. The standard InChI is InChI=1S/C7H13N3.C2H6/c1-6-7(4-10(2)3)9-5-8-6;1-2/h5H,4H2,1-3H3,(H,8,9);1-2H3. The Bertz CT molecular complexity index is 203. The summed E-state index contributed by atoms with van der Waals surface area (Å²) in [5.41, 5.74) is 2.29. The number of rotatable bonds is 2. The highest BCUT2D eigenvalue weighted by molar-refractivity contribution is 5.07. The summed E-state index contributed by atoms with van der Waals surface area (Å²) in [6, 6.07) is 0. The van der Waals surface area contributed by atoms with Crippen LogP contribution in [0.4, 0.5) is 0 Å². The van der Waals surface area contributed by atoms with Crippen molar-refractivity contribution in [2.45, 2.75) is 27.3 Å². The second-order valence-electron chi connectivity index (χ2n) is 2.71. The Balaban J connectivity index is 0.000000561. The molecule has 0 aliphatic rings. The van der Waals surface area contributed by atoms with Crippen molar-refractivity contribution in [3.63, 3.8) is 0 Å². The third-order valence-electron chi connectivity index (χ3n) is 1.40. The smallest absolute Gasteiger partial charge is 0.0925 e. The van der Waals surface area contributed by atoms with Gasteiger partial charge in [0.25, 0.3) is 0 Å². The lowest BCUT2D eigenvalue weighted by molar-refractivity contribution is 0.396. The van der Waals surface area contributed by atoms with E-state index in [4.69, 9.17) is 0 Å². The minimum absolute atomic E-state index is 0.912. The summed E-state index contributed by atoms with van der Waals surface area (Å²) >= 11 is 0. The first-order chi connectivity index (χ1) is 5.70. The topological polar surface area (TPSA) is 31.9 Å². The van der Waals surface area contributed by atoms with Gasteiger partial charge in [-0.1, -0.05) is 13.8 Å². The largest absolute Gasteiger partial charge is 0.348 e. The number of nitrogens with zero attached hydrogens (tertiary/aromatic N) is 2. The first-order valence-corrected chi connectivity index (χ1v) is 4.33. The van der Waals surface area contributed by atoms with E-state index in [1.54, 1.807) is 6.33 Å². The molecule has 3 nitrogen and oxygen atoms in total. The molecule has 1 aromatic heterocycles. The van der Waals surface area contributed by atoms with Crippen LogP contribution in [0.3, 0.4) is 0 Å². The summed E-state index contributed by atoms with van der Waals surface area (Å²) in [6.45, 7) is 6.95. The highest BCUT2D eigenvalue weighted by Crippen LogP contribution is 2.01. The van der Waals surface area contributed by atoms with Crippen LogP contribution in [0.15, 0.2) is 6.33 Å². The summed E-state index contributed by atoms with van der Waals surface area (Å²) in [5.74, 6) is 0. The van der Waals surface area contributed by atoms with Gasteiger partial charge in [-0.3, -0.25) is 0 Å². The molecule has 70 valence electrons. The zero-order valence-corrected chi connectivity index (χ0v) is 8.68. The molecule has 0 aromatic carbocycles. The maximum atomic E-state index is 4.16. The van der Waals surface area contributed by atoms with Crippen LogP contribution in [0.1, 0.15) is 25.2 Å². The summed E-state index contributed by atoms with van der Waals surface area (Å²) < 4.78 is 0. The van der Waals surface area contributed by atoms with E-state index < -0.39 is 0 Å². The zero-order valence-electron chi connectivity index (χ0n) is 8.68. The molecule has 1 N–H and O–H groups in total. The molecule has 0 radical (unpaired) electrons. The predicted octanol–water partition coefficient (Wildman–Crippen LogP) is 1.81. The van der Waals surface area contributed by atoms with E-state index in [0.717, 1.165) is 17.9 Å². The molecule has 0 spiro atoms. The van der Waals surface area contributed by atoms with Crippen molar-refractivity contribution in [2.24, 2.45) is 0 Å². The molecule has 0 saturated heterocycles. The molecule has 1 aromatic rings. The van der Waals surface area contributed by atoms with Gasteiger partial charge < -0.3 is 9.88 Å². The number of aryl methyl sites for hydroxylation is 1. The normalized spacial score (nSPS) is 9.50. The number of imidazole rings is 1. The Morgan fingerprint density at radius 3 is 2.33 bits per heavy atom. The molecule has 0 amide bonds. The van der Waals surface area contributed by atoms with Gasteiger partial charge >= 0.3 is 0 Å². The van der Waals surface area contributed by atoms with Crippen molar-refractivity contribution in [3.8, 4) is 0 Å². The van der Waals surface area contributed by atoms with Crippen molar-refractivity contribution in [2.75, 3.05) is 14.1 Å². The van der Waals surface area contributed by atoms with Crippen molar-refractivity contribution in [3.05, 3.63) is 17.7 Å². The highest BCUT2D eigenvalue weighted by atomic mass is 15.1. The van der Waals surface area contributed by atoms with Gasteiger partial charge in [-0.25, -0.2) is 4.98 Å². The fourth-order valence-corrected chi connectivity index (χ4v) is 0.846. The fraction of sp³-hybridized carbons (Fsp3) is 0.667. The van der Waals surface area contributed by atoms with E-state index in [9.17, 15) is 0 Å². The van der Waals surface area contributed by atoms with Gasteiger partial charge in [-0.15, -0.1) is 0 Å². The summed E-state index contributed by atoms with van der Waals surface area (Å²) in [6.07, 6.45) is 1.73. The van der Waals surface area contributed by atoms with E-state index in [1.807, 2.05) is 34.9 Å². The van der Waals surface area contributed by atoms with Gasteiger partial charge in [-0.05, 0) is 21.0 Å². The summed E-state index contributed by atoms with van der Waals surface area (Å²) in [7, 11) is 4.07. The van der Waals surface area contributed by atoms with E-state index in [1.165, 1.54) is 0 Å². The maximum Gasteiger partial charge on any atom is 0.0925 e.